The number of nitrogens with zero attached hydrogens (tertiary/aromatic N) is 2. The molecule has 4 nitrogen and oxygen atoms in total. The summed E-state index contributed by atoms with van der Waals surface area (Å²) in [7, 11) is 0. The Kier molecular flexibility index (Phi) is 9.87. The molecule has 14 aromatic rings. The van der Waals surface area contributed by atoms with E-state index < -0.39 is 0 Å². The van der Waals surface area contributed by atoms with Gasteiger partial charge in [0.05, 0.1) is 0 Å². The maximum Gasteiger partial charge on any atom is 0.143 e. The Morgan fingerprint density at radius 2 is 0.595 bits per heavy atom. The van der Waals surface area contributed by atoms with Crippen LogP contribution in [0.4, 0.5) is 34.1 Å². The highest BCUT2D eigenvalue weighted by Gasteiger charge is 2.27. The molecular weight excluding hydrogens is 901 g/mol. The topological polar surface area (TPSA) is 32.8 Å². The molecule has 0 radical (unpaired) electrons. The van der Waals surface area contributed by atoms with Crippen molar-refractivity contribution in [2.45, 2.75) is 41.5 Å². The molecule has 2 aromatic heterocycles. The third-order valence-corrected chi connectivity index (χ3v) is 15.4. The maximum atomic E-state index is 7.34. The minimum Gasteiger partial charge on any atom is -0.455 e. The second kappa shape index (κ2) is 16.7. The Balaban J connectivity index is 1.11. The van der Waals surface area contributed by atoms with Crippen molar-refractivity contribution in [3.05, 3.63) is 240 Å². The molecule has 0 unspecified atom stereocenters. The van der Waals surface area contributed by atoms with Crippen LogP contribution in [0.1, 0.15) is 33.4 Å². The van der Waals surface area contributed by atoms with Gasteiger partial charge in [-0.2, -0.15) is 0 Å². The SMILES string of the molecule is Cc1cc(C)c(-c2cc3c4oc5cc(N(c6ccccc6)c6ccccc6)ccc5c4cc4c(-c5c(C)cc(C)cc5C)cc5c6oc7cc(N(c8ccccc8)c8ccccc8)ccc7c6cc2c5c43)c(C)c1. The number of anilines is 6. The molecule has 4 heteroatoms. The maximum absolute atomic E-state index is 7.34. The lowest BCUT2D eigenvalue weighted by Crippen LogP contribution is -2.09. The van der Waals surface area contributed by atoms with Crippen molar-refractivity contribution in [2.75, 3.05) is 9.80 Å². The van der Waals surface area contributed by atoms with Crippen LogP contribution in [0.25, 0.3) is 98.4 Å². The average Bonchev–Trinajstić information content (AvgIpc) is 3.97. The van der Waals surface area contributed by atoms with Crippen LogP contribution in [0.5, 0.6) is 0 Å². The van der Waals surface area contributed by atoms with Crippen LogP contribution in [-0.4, -0.2) is 0 Å². The predicted molar refractivity (Wildman–Crippen MR) is 313 cm³/mol. The highest BCUT2D eigenvalue weighted by molar-refractivity contribution is 6.38. The van der Waals surface area contributed by atoms with Crippen molar-refractivity contribution >= 4 is 110 Å². The van der Waals surface area contributed by atoms with Gasteiger partial charge in [0.25, 0.3) is 0 Å². The Labute approximate surface area is 430 Å². The van der Waals surface area contributed by atoms with Crippen molar-refractivity contribution in [2.24, 2.45) is 0 Å². The third kappa shape index (κ3) is 6.75. The minimum absolute atomic E-state index is 0.841. The molecule has 0 atom stereocenters. The second-order valence-electron chi connectivity index (χ2n) is 20.4. The van der Waals surface area contributed by atoms with Gasteiger partial charge in [0.15, 0.2) is 0 Å². The Bertz CT molecular complexity index is 4110. The van der Waals surface area contributed by atoms with E-state index in [0.29, 0.717) is 0 Å². The zero-order valence-electron chi connectivity index (χ0n) is 42.3. The van der Waals surface area contributed by atoms with E-state index in [0.717, 1.165) is 88.8 Å². The van der Waals surface area contributed by atoms with E-state index >= 15 is 0 Å². The van der Waals surface area contributed by atoms with Crippen LogP contribution >= 0.6 is 0 Å². The lowest BCUT2D eigenvalue weighted by molar-refractivity contribution is 0.672. The van der Waals surface area contributed by atoms with E-state index in [1.165, 1.54) is 77.2 Å². The smallest absolute Gasteiger partial charge is 0.143 e. The molecule has 0 aliphatic carbocycles. The number of para-hydroxylation sites is 4. The van der Waals surface area contributed by atoms with Gasteiger partial charge >= 0.3 is 0 Å². The van der Waals surface area contributed by atoms with E-state index in [-0.39, 0.29) is 0 Å². The molecule has 74 heavy (non-hydrogen) atoms. The molecule has 0 aliphatic rings. The van der Waals surface area contributed by atoms with Crippen LogP contribution in [0.3, 0.4) is 0 Å². The van der Waals surface area contributed by atoms with Crippen molar-refractivity contribution in [3.63, 3.8) is 0 Å². The largest absolute Gasteiger partial charge is 0.455 e. The first-order valence-electron chi connectivity index (χ1n) is 25.6. The summed E-state index contributed by atoms with van der Waals surface area (Å²) in [5.41, 5.74) is 22.2. The molecule has 354 valence electrons. The minimum atomic E-state index is 0.841. The number of rotatable bonds is 8. The van der Waals surface area contributed by atoms with Crippen LogP contribution in [0.15, 0.2) is 215 Å². The fourth-order valence-electron chi connectivity index (χ4n) is 12.6. The van der Waals surface area contributed by atoms with E-state index in [9.17, 15) is 0 Å². The number of furan rings is 2. The van der Waals surface area contributed by atoms with Gasteiger partial charge in [0.1, 0.15) is 22.3 Å². The first kappa shape index (κ1) is 43.7. The van der Waals surface area contributed by atoms with Gasteiger partial charge < -0.3 is 18.6 Å². The van der Waals surface area contributed by atoms with Gasteiger partial charge in [0, 0.05) is 89.3 Å². The molecule has 12 aromatic carbocycles. The number of hydrogen-bond acceptors (Lipinski definition) is 4. The van der Waals surface area contributed by atoms with Crippen molar-refractivity contribution in [1.82, 2.24) is 0 Å². The lowest BCUT2D eigenvalue weighted by atomic mass is 9.81. The number of aryl methyl sites for hydroxylation is 6. The summed E-state index contributed by atoms with van der Waals surface area (Å²) in [4.78, 5) is 4.61. The fourth-order valence-corrected chi connectivity index (χ4v) is 12.6. The number of benzene rings is 12. The first-order chi connectivity index (χ1) is 36.2. The molecular formula is C70H52N2O2. The summed E-state index contributed by atoms with van der Waals surface area (Å²) in [6, 6.07) is 74.8. The summed E-state index contributed by atoms with van der Waals surface area (Å²) < 4.78 is 14.7. The molecule has 0 spiro atoms. The van der Waals surface area contributed by atoms with Gasteiger partial charge in [-0.1, -0.05) is 108 Å². The number of fused-ring (bicyclic) bond motifs is 8. The summed E-state index contributed by atoms with van der Waals surface area (Å²) in [5, 5.41) is 11.3. The Morgan fingerprint density at radius 3 is 0.919 bits per heavy atom. The Morgan fingerprint density at radius 1 is 0.270 bits per heavy atom. The highest BCUT2D eigenvalue weighted by Crippen LogP contribution is 2.53. The molecule has 0 aliphatic heterocycles. The van der Waals surface area contributed by atoms with Gasteiger partial charge in [-0.3, -0.25) is 0 Å². The van der Waals surface area contributed by atoms with E-state index in [2.05, 4.69) is 258 Å². The van der Waals surface area contributed by atoms with Gasteiger partial charge in [0.2, 0.25) is 0 Å². The molecule has 0 bridgehead atoms. The second-order valence-corrected chi connectivity index (χ2v) is 20.4. The first-order valence-corrected chi connectivity index (χ1v) is 25.6. The molecule has 0 saturated heterocycles. The van der Waals surface area contributed by atoms with E-state index in [1.54, 1.807) is 0 Å². The molecule has 0 saturated carbocycles. The summed E-state index contributed by atoms with van der Waals surface area (Å²) in [6.45, 7) is 13.4. The third-order valence-electron chi connectivity index (χ3n) is 15.4. The zero-order valence-corrected chi connectivity index (χ0v) is 42.3. The van der Waals surface area contributed by atoms with Gasteiger partial charge in [-0.25, -0.2) is 0 Å². The van der Waals surface area contributed by atoms with Crippen molar-refractivity contribution in [3.8, 4) is 22.3 Å². The molecule has 14 rings (SSSR count). The highest BCUT2D eigenvalue weighted by atomic mass is 16.3. The average molecular weight is 953 g/mol. The van der Waals surface area contributed by atoms with Crippen LogP contribution < -0.4 is 9.80 Å². The van der Waals surface area contributed by atoms with Crippen molar-refractivity contribution in [1.29, 1.82) is 0 Å². The standard InChI is InChI=1S/C70H52N2O2/c1-41-31-43(3)65(44(4)32-41)55-39-61-68-58(38-60-54-30-28-52(36-64(54)73-69(60)61)72(49-23-15-9-16-24-49)50-25-17-10-18-26-50)56(66-45(5)33-42(2)34-46(66)6)40-62-67(68)57(55)37-59-53-29-27-51(35-63(53)74-70(59)62)71(47-19-11-7-12-20-47)48-21-13-8-14-22-48/h7-40H,1-6H3. The summed E-state index contributed by atoms with van der Waals surface area (Å²) in [5.74, 6) is 0. The van der Waals surface area contributed by atoms with Gasteiger partial charge in [-0.05, 0) is 194 Å². The van der Waals surface area contributed by atoms with Crippen molar-refractivity contribution < 1.29 is 8.83 Å². The molecule has 0 amide bonds. The Hall–Kier alpha value is -9.12. The van der Waals surface area contributed by atoms with Gasteiger partial charge in [-0.15, -0.1) is 0 Å². The predicted octanol–water partition coefficient (Wildman–Crippen LogP) is 20.5. The normalized spacial score (nSPS) is 11.9. The summed E-state index contributed by atoms with van der Waals surface area (Å²) in [6.07, 6.45) is 0. The van der Waals surface area contributed by atoms with Crippen LogP contribution in [0, 0.1) is 41.5 Å². The summed E-state index contributed by atoms with van der Waals surface area (Å²) >= 11 is 0. The molecule has 0 fully saturated rings. The molecule has 2 heterocycles. The van der Waals surface area contributed by atoms with Crippen LogP contribution in [0.2, 0.25) is 0 Å². The monoisotopic (exact) mass is 952 g/mol. The van der Waals surface area contributed by atoms with Crippen LogP contribution in [-0.2, 0) is 0 Å². The quantitative estimate of drug-likeness (QED) is 0.142. The number of hydrogen-bond donors (Lipinski definition) is 0. The lowest BCUT2D eigenvalue weighted by Gasteiger charge is -2.25. The molecule has 0 N–H and O–H groups in total. The van der Waals surface area contributed by atoms with E-state index in [4.69, 9.17) is 8.83 Å². The van der Waals surface area contributed by atoms with E-state index in [1.807, 2.05) is 0 Å². The fraction of sp³-hybridized carbons (Fsp3) is 0.0857. The zero-order chi connectivity index (χ0) is 49.9.